The van der Waals surface area contributed by atoms with E-state index in [4.69, 9.17) is 4.98 Å². The third-order valence-corrected chi connectivity index (χ3v) is 7.25. The lowest BCUT2D eigenvalue weighted by Gasteiger charge is -2.18. The Labute approximate surface area is 178 Å². The van der Waals surface area contributed by atoms with Crippen LogP contribution >= 0.6 is 23.1 Å². The Bertz CT molecular complexity index is 980. The van der Waals surface area contributed by atoms with Crippen molar-refractivity contribution in [3.05, 3.63) is 20.8 Å². The van der Waals surface area contributed by atoms with Crippen LogP contribution in [0.15, 0.2) is 9.95 Å². The quantitative estimate of drug-likeness (QED) is 0.536. The van der Waals surface area contributed by atoms with Gasteiger partial charge in [0.05, 0.1) is 11.1 Å². The Balaban J connectivity index is 1.96. The number of hydrogen-bond acceptors (Lipinski definition) is 6. The minimum atomic E-state index is -0.545. The average Bonchev–Trinajstić information content (AvgIpc) is 3.02. The summed E-state index contributed by atoms with van der Waals surface area (Å²) in [6.07, 6.45) is 3.88. The SMILES string of the molecule is CNC(=O)NC(=O)CSc1nc2sc3c(c2c(=O)n1CCC(C)C)CC[C@H](C)C3. The molecule has 1 atom stereocenters. The first kappa shape index (κ1) is 21.8. The van der Waals surface area contributed by atoms with Crippen LogP contribution in [0, 0.1) is 11.8 Å². The summed E-state index contributed by atoms with van der Waals surface area (Å²) in [6.45, 7) is 7.05. The van der Waals surface area contributed by atoms with Crippen LogP contribution in [-0.2, 0) is 24.2 Å². The summed E-state index contributed by atoms with van der Waals surface area (Å²) in [7, 11) is 1.45. The molecule has 0 saturated heterocycles. The Hall–Kier alpha value is -1.87. The first-order chi connectivity index (χ1) is 13.8. The summed E-state index contributed by atoms with van der Waals surface area (Å²) in [5.74, 6) is 0.679. The topological polar surface area (TPSA) is 93.1 Å². The molecule has 0 aromatic carbocycles. The smallest absolute Gasteiger partial charge is 0.321 e. The van der Waals surface area contributed by atoms with Crippen molar-refractivity contribution in [3.8, 4) is 0 Å². The minimum Gasteiger partial charge on any atom is -0.341 e. The highest BCUT2D eigenvalue weighted by Crippen LogP contribution is 2.36. The van der Waals surface area contributed by atoms with E-state index in [9.17, 15) is 14.4 Å². The van der Waals surface area contributed by atoms with Crippen molar-refractivity contribution < 1.29 is 9.59 Å². The molecule has 1 aliphatic carbocycles. The monoisotopic (exact) mass is 436 g/mol. The predicted octanol–water partition coefficient (Wildman–Crippen LogP) is 3.18. The molecule has 0 fully saturated rings. The number of hydrogen-bond donors (Lipinski definition) is 2. The number of urea groups is 1. The molecule has 2 aromatic rings. The predicted molar refractivity (Wildman–Crippen MR) is 118 cm³/mol. The number of nitrogens with one attached hydrogen (secondary N) is 2. The fraction of sp³-hybridized carbons (Fsp3) is 0.600. The molecule has 7 nitrogen and oxygen atoms in total. The number of fused-ring (bicyclic) bond motifs is 3. The van der Waals surface area contributed by atoms with E-state index in [0.29, 0.717) is 23.5 Å². The number of nitrogens with zero attached hydrogens (tertiary/aromatic N) is 2. The number of amides is 3. The molecule has 3 rings (SSSR count). The second-order valence-corrected chi connectivity index (χ2v) is 10.0. The van der Waals surface area contributed by atoms with Gasteiger partial charge in [-0.15, -0.1) is 11.3 Å². The first-order valence-electron chi connectivity index (χ1n) is 9.99. The van der Waals surface area contributed by atoms with Gasteiger partial charge in [-0.3, -0.25) is 19.5 Å². The molecule has 0 aliphatic heterocycles. The van der Waals surface area contributed by atoms with Gasteiger partial charge >= 0.3 is 6.03 Å². The number of aryl methyl sites for hydroxylation is 1. The zero-order valence-corrected chi connectivity index (χ0v) is 19.0. The Morgan fingerprint density at radius 3 is 2.83 bits per heavy atom. The molecular formula is C20H28N4O3S2. The highest BCUT2D eigenvalue weighted by atomic mass is 32.2. The summed E-state index contributed by atoms with van der Waals surface area (Å²) in [5, 5.41) is 5.90. The molecule has 0 spiro atoms. The lowest BCUT2D eigenvalue weighted by atomic mass is 9.89. The van der Waals surface area contributed by atoms with Crippen molar-refractivity contribution in [1.29, 1.82) is 0 Å². The van der Waals surface area contributed by atoms with Crippen LogP contribution in [0.1, 0.15) is 44.1 Å². The molecule has 2 N–H and O–H groups in total. The molecule has 2 heterocycles. The number of rotatable bonds is 6. The van der Waals surface area contributed by atoms with Crippen LogP contribution in [0.4, 0.5) is 4.79 Å². The number of thiophene rings is 1. The van der Waals surface area contributed by atoms with Gasteiger partial charge in [-0.25, -0.2) is 9.78 Å². The molecule has 9 heteroatoms. The Kier molecular flexibility index (Phi) is 7.00. The number of aromatic nitrogens is 2. The van der Waals surface area contributed by atoms with Crippen molar-refractivity contribution in [1.82, 2.24) is 20.2 Å². The highest BCUT2D eigenvalue weighted by Gasteiger charge is 2.25. The maximum Gasteiger partial charge on any atom is 0.321 e. The van der Waals surface area contributed by atoms with E-state index in [2.05, 4.69) is 31.4 Å². The van der Waals surface area contributed by atoms with Gasteiger partial charge in [0.1, 0.15) is 4.83 Å². The van der Waals surface area contributed by atoms with Gasteiger partial charge in [-0.1, -0.05) is 32.5 Å². The van der Waals surface area contributed by atoms with Crippen molar-refractivity contribution in [3.63, 3.8) is 0 Å². The second kappa shape index (κ2) is 9.30. The van der Waals surface area contributed by atoms with Crippen LogP contribution in [0.5, 0.6) is 0 Å². The molecule has 0 unspecified atom stereocenters. The highest BCUT2D eigenvalue weighted by molar-refractivity contribution is 7.99. The number of carbonyl (C=O) groups is 2. The summed E-state index contributed by atoms with van der Waals surface area (Å²) in [5.41, 5.74) is 1.17. The van der Waals surface area contributed by atoms with Crippen LogP contribution in [0.2, 0.25) is 0 Å². The summed E-state index contributed by atoms with van der Waals surface area (Å²) >= 11 is 2.81. The van der Waals surface area contributed by atoms with Gasteiger partial charge in [0, 0.05) is 18.5 Å². The molecule has 1 aliphatic rings. The van der Waals surface area contributed by atoms with Gasteiger partial charge in [-0.2, -0.15) is 0 Å². The summed E-state index contributed by atoms with van der Waals surface area (Å²) in [6, 6.07) is -0.545. The number of carbonyl (C=O) groups excluding carboxylic acids is 2. The zero-order valence-electron chi connectivity index (χ0n) is 17.3. The van der Waals surface area contributed by atoms with E-state index in [0.717, 1.165) is 35.9 Å². The van der Waals surface area contributed by atoms with Crippen molar-refractivity contribution in [2.75, 3.05) is 12.8 Å². The van der Waals surface area contributed by atoms with Crippen molar-refractivity contribution in [2.45, 2.75) is 58.2 Å². The lowest BCUT2D eigenvalue weighted by molar-refractivity contribution is -0.117. The maximum atomic E-state index is 13.4. The molecular weight excluding hydrogens is 408 g/mol. The first-order valence-corrected chi connectivity index (χ1v) is 11.8. The molecule has 0 saturated carbocycles. The zero-order chi connectivity index (χ0) is 21.1. The van der Waals surface area contributed by atoms with E-state index in [1.165, 1.54) is 29.3 Å². The van der Waals surface area contributed by atoms with Gasteiger partial charge in [-0.05, 0) is 43.1 Å². The van der Waals surface area contributed by atoms with E-state index < -0.39 is 11.9 Å². The van der Waals surface area contributed by atoms with E-state index in [1.807, 2.05) is 0 Å². The normalized spacial score (nSPS) is 16.1. The van der Waals surface area contributed by atoms with Crippen molar-refractivity contribution in [2.24, 2.45) is 11.8 Å². The fourth-order valence-corrected chi connectivity index (χ4v) is 5.70. The molecule has 2 aromatic heterocycles. The van der Waals surface area contributed by atoms with Crippen LogP contribution in [0.25, 0.3) is 10.2 Å². The summed E-state index contributed by atoms with van der Waals surface area (Å²) < 4.78 is 1.71. The minimum absolute atomic E-state index is 0.00286. The average molecular weight is 437 g/mol. The fourth-order valence-electron chi connectivity index (χ4n) is 3.45. The second-order valence-electron chi connectivity index (χ2n) is 7.98. The maximum absolute atomic E-state index is 13.4. The standard InChI is InChI=1S/C20H28N4O3S2/c1-11(2)7-8-24-18(26)16-13-6-5-12(3)9-14(13)29-17(16)23-20(24)28-10-15(25)22-19(27)21-4/h11-12H,5-10H2,1-4H3,(H2,21,22,25,27)/t12-/m0/s1. The van der Waals surface area contributed by atoms with Crippen LogP contribution in [-0.4, -0.2) is 34.3 Å². The summed E-state index contributed by atoms with van der Waals surface area (Å²) in [4.78, 5) is 43.5. The largest absolute Gasteiger partial charge is 0.341 e. The van der Waals surface area contributed by atoms with Gasteiger partial charge in [0.2, 0.25) is 5.91 Å². The van der Waals surface area contributed by atoms with Gasteiger partial charge in [0.25, 0.3) is 5.56 Å². The van der Waals surface area contributed by atoms with Crippen LogP contribution < -0.4 is 16.2 Å². The Morgan fingerprint density at radius 1 is 1.38 bits per heavy atom. The number of thioether (sulfide) groups is 1. The molecule has 29 heavy (non-hydrogen) atoms. The lowest BCUT2D eigenvalue weighted by Crippen LogP contribution is -2.38. The van der Waals surface area contributed by atoms with E-state index in [1.54, 1.807) is 15.9 Å². The van der Waals surface area contributed by atoms with Crippen molar-refractivity contribution >= 4 is 45.3 Å². The Morgan fingerprint density at radius 2 is 2.14 bits per heavy atom. The van der Waals surface area contributed by atoms with Gasteiger partial charge < -0.3 is 5.32 Å². The van der Waals surface area contributed by atoms with Crippen LogP contribution in [0.3, 0.4) is 0 Å². The van der Waals surface area contributed by atoms with E-state index >= 15 is 0 Å². The third kappa shape index (κ3) is 5.01. The number of imide groups is 1. The van der Waals surface area contributed by atoms with Gasteiger partial charge in [0.15, 0.2) is 5.16 Å². The molecule has 158 valence electrons. The van der Waals surface area contributed by atoms with E-state index in [-0.39, 0.29) is 11.3 Å². The molecule has 3 amide bonds. The third-order valence-electron chi connectivity index (χ3n) is 5.12. The molecule has 0 bridgehead atoms. The molecule has 0 radical (unpaired) electrons.